The molecule has 2 aromatic carbocycles. The number of nitrogens with one attached hydrogen (secondary N) is 2. The van der Waals surface area contributed by atoms with Gasteiger partial charge in [-0.25, -0.2) is 0 Å². The molecule has 0 aromatic heterocycles. The largest absolute Gasteiger partial charge is 0.492 e. The molecule has 2 N–H and O–H groups in total. The van der Waals surface area contributed by atoms with Crippen molar-refractivity contribution in [1.82, 2.24) is 5.32 Å². The van der Waals surface area contributed by atoms with E-state index in [0.717, 1.165) is 36.6 Å². The fourth-order valence-electron chi connectivity index (χ4n) is 3.65. The third kappa shape index (κ3) is 6.97. The number of benzene rings is 2. The lowest BCUT2D eigenvalue weighted by Gasteiger charge is -2.23. The average molecular weight is 522 g/mol. The summed E-state index contributed by atoms with van der Waals surface area (Å²) in [6, 6.07) is 10.4. The van der Waals surface area contributed by atoms with Crippen LogP contribution in [0.3, 0.4) is 0 Å². The molecule has 1 saturated carbocycles. The van der Waals surface area contributed by atoms with Crippen molar-refractivity contribution in [2.45, 2.75) is 58.4 Å². The predicted octanol–water partition coefficient (Wildman–Crippen LogP) is 6.84. The molecule has 0 unspecified atom stereocenters. The van der Waals surface area contributed by atoms with Crippen molar-refractivity contribution in [2.75, 3.05) is 11.9 Å². The van der Waals surface area contributed by atoms with E-state index in [1.165, 1.54) is 6.42 Å². The van der Waals surface area contributed by atoms with Crippen LogP contribution in [0.25, 0.3) is 0 Å². The summed E-state index contributed by atoms with van der Waals surface area (Å²) in [6.45, 7) is 4.92. The van der Waals surface area contributed by atoms with Gasteiger partial charge in [-0.2, -0.15) is 0 Å². The maximum absolute atomic E-state index is 12.8. The van der Waals surface area contributed by atoms with Gasteiger partial charge in [-0.15, -0.1) is 0 Å². The Hall–Kier alpha value is -2.05. The number of ether oxygens (including phenoxy) is 1. The molecule has 172 valence electrons. The first kappa shape index (κ1) is 24.6. The zero-order chi connectivity index (χ0) is 23.1. The highest BCUT2D eigenvalue weighted by Gasteiger charge is 2.19. The molecule has 0 atom stereocenters. The highest BCUT2D eigenvalue weighted by molar-refractivity contribution is 9.10. The summed E-state index contributed by atoms with van der Waals surface area (Å²) in [7, 11) is 0. The lowest BCUT2D eigenvalue weighted by atomic mass is 9.95. The van der Waals surface area contributed by atoms with Crippen molar-refractivity contribution in [1.29, 1.82) is 0 Å². The molecule has 0 radical (unpaired) electrons. The zero-order valence-electron chi connectivity index (χ0n) is 18.5. The number of rotatable bonds is 8. The van der Waals surface area contributed by atoms with E-state index in [1.807, 2.05) is 0 Å². The molecule has 1 fully saturated rings. The van der Waals surface area contributed by atoms with Crippen molar-refractivity contribution < 1.29 is 14.3 Å². The smallest absolute Gasteiger partial charge is 0.255 e. The van der Waals surface area contributed by atoms with Crippen LogP contribution < -0.4 is 15.4 Å². The number of hydrogen-bond donors (Lipinski definition) is 2. The van der Waals surface area contributed by atoms with Crippen LogP contribution in [0.1, 0.15) is 73.1 Å². The third-order valence-electron chi connectivity index (χ3n) is 5.56. The summed E-state index contributed by atoms with van der Waals surface area (Å²) in [5, 5.41) is 6.28. The first-order valence-corrected chi connectivity index (χ1v) is 12.3. The first-order chi connectivity index (χ1) is 15.3. The van der Waals surface area contributed by atoms with Gasteiger partial charge in [-0.3, -0.25) is 9.59 Å². The summed E-state index contributed by atoms with van der Waals surface area (Å²) in [6.07, 6.45) is 6.42. The van der Waals surface area contributed by atoms with Gasteiger partial charge in [0.05, 0.1) is 21.7 Å². The molecular formula is C25H30BrClN2O3. The minimum atomic E-state index is -0.277. The molecule has 3 rings (SSSR count). The standard InChI is InChI=1S/C25H30BrClN2O3/c1-16(2)12-13-32-23-11-8-17(14-21(23)26)24(30)29-19-9-10-22(27)20(15-19)25(31)28-18-6-4-3-5-7-18/h8-11,14-16,18H,3-7,12-13H2,1-2H3,(H,28,31)(H,29,30). The van der Waals surface area contributed by atoms with Crippen LogP contribution in [0.5, 0.6) is 5.75 Å². The average Bonchev–Trinajstić information content (AvgIpc) is 2.76. The van der Waals surface area contributed by atoms with Crippen molar-refractivity contribution in [2.24, 2.45) is 5.92 Å². The molecule has 1 aliphatic carbocycles. The molecule has 2 aromatic rings. The van der Waals surface area contributed by atoms with E-state index in [2.05, 4.69) is 40.4 Å². The van der Waals surface area contributed by atoms with E-state index in [9.17, 15) is 9.59 Å². The predicted molar refractivity (Wildman–Crippen MR) is 133 cm³/mol. The van der Waals surface area contributed by atoms with Crippen molar-refractivity contribution in [3.05, 3.63) is 57.0 Å². The van der Waals surface area contributed by atoms with E-state index in [4.69, 9.17) is 16.3 Å². The Morgan fingerprint density at radius 3 is 2.53 bits per heavy atom. The van der Waals surface area contributed by atoms with Gasteiger partial charge in [0.1, 0.15) is 5.75 Å². The van der Waals surface area contributed by atoms with Crippen molar-refractivity contribution in [3.8, 4) is 5.75 Å². The number of carbonyl (C=O) groups excluding carboxylic acids is 2. The molecule has 0 bridgehead atoms. The van der Waals surface area contributed by atoms with Crippen molar-refractivity contribution >= 4 is 45.0 Å². The van der Waals surface area contributed by atoms with E-state index < -0.39 is 0 Å². The second-order valence-electron chi connectivity index (χ2n) is 8.63. The van der Waals surface area contributed by atoms with Gasteiger partial charge in [0.15, 0.2) is 0 Å². The van der Waals surface area contributed by atoms with E-state index in [1.54, 1.807) is 36.4 Å². The van der Waals surface area contributed by atoms with Gasteiger partial charge < -0.3 is 15.4 Å². The molecule has 5 nitrogen and oxygen atoms in total. The summed E-state index contributed by atoms with van der Waals surface area (Å²) in [4.78, 5) is 25.5. The fraction of sp³-hybridized carbons (Fsp3) is 0.440. The van der Waals surface area contributed by atoms with Crippen LogP contribution >= 0.6 is 27.5 Å². The lowest BCUT2D eigenvalue weighted by Crippen LogP contribution is -2.36. The number of halogens is 2. The monoisotopic (exact) mass is 520 g/mol. The normalized spacial score (nSPS) is 14.3. The maximum atomic E-state index is 12.8. The van der Waals surface area contributed by atoms with E-state index in [0.29, 0.717) is 40.1 Å². The Kier molecular flexibility index (Phi) is 9.00. The molecule has 0 heterocycles. The quantitative estimate of drug-likeness (QED) is 0.399. The number of hydrogen-bond acceptors (Lipinski definition) is 3. The molecule has 0 spiro atoms. The topological polar surface area (TPSA) is 67.4 Å². The molecule has 1 aliphatic rings. The Morgan fingerprint density at radius 2 is 1.84 bits per heavy atom. The molecular weight excluding hydrogens is 492 g/mol. The summed E-state index contributed by atoms with van der Waals surface area (Å²) in [5.41, 5.74) is 1.36. The Balaban J connectivity index is 1.65. The SMILES string of the molecule is CC(C)CCOc1ccc(C(=O)Nc2ccc(Cl)c(C(=O)NC3CCCCC3)c2)cc1Br. The maximum Gasteiger partial charge on any atom is 0.255 e. The Bertz CT molecular complexity index is 958. The van der Waals surface area contributed by atoms with Crippen molar-refractivity contribution in [3.63, 3.8) is 0 Å². The number of amides is 2. The van der Waals surface area contributed by atoms with Crippen LogP contribution in [0, 0.1) is 5.92 Å². The Morgan fingerprint density at radius 1 is 1.09 bits per heavy atom. The highest BCUT2D eigenvalue weighted by Crippen LogP contribution is 2.28. The first-order valence-electron chi connectivity index (χ1n) is 11.2. The molecule has 32 heavy (non-hydrogen) atoms. The lowest BCUT2D eigenvalue weighted by molar-refractivity contribution is 0.0926. The second kappa shape index (κ2) is 11.7. The zero-order valence-corrected chi connectivity index (χ0v) is 20.9. The molecule has 0 aliphatic heterocycles. The molecule has 0 saturated heterocycles. The van der Waals surface area contributed by atoms with Crippen LogP contribution in [0.2, 0.25) is 5.02 Å². The Labute approximate surface area is 203 Å². The minimum Gasteiger partial charge on any atom is -0.492 e. The molecule has 7 heteroatoms. The van der Waals surface area contributed by atoms with Gasteiger partial charge in [-0.1, -0.05) is 44.7 Å². The summed E-state index contributed by atoms with van der Waals surface area (Å²) >= 11 is 9.75. The van der Waals surface area contributed by atoms with Gasteiger partial charge in [0.25, 0.3) is 11.8 Å². The van der Waals surface area contributed by atoms with E-state index >= 15 is 0 Å². The van der Waals surface area contributed by atoms with Gasteiger partial charge in [0, 0.05) is 17.3 Å². The highest BCUT2D eigenvalue weighted by atomic mass is 79.9. The number of anilines is 1. The van der Waals surface area contributed by atoms with Crippen LogP contribution in [-0.2, 0) is 0 Å². The van der Waals surface area contributed by atoms with Gasteiger partial charge in [-0.05, 0) is 77.5 Å². The second-order valence-corrected chi connectivity index (χ2v) is 9.89. The molecule has 2 amide bonds. The van der Waals surface area contributed by atoms with Crippen LogP contribution in [0.15, 0.2) is 40.9 Å². The summed E-state index contributed by atoms with van der Waals surface area (Å²) < 4.78 is 6.50. The van der Waals surface area contributed by atoms with Crippen LogP contribution in [-0.4, -0.2) is 24.5 Å². The minimum absolute atomic E-state index is 0.184. The van der Waals surface area contributed by atoms with Crippen LogP contribution in [0.4, 0.5) is 5.69 Å². The van der Waals surface area contributed by atoms with E-state index in [-0.39, 0.29) is 17.9 Å². The third-order valence-corrected chi connectivity index (χ3v) is 6.51. The van der Waals surface area contributed by atoms with Gasteiger partial charge in [0.2, 0.25) is 0 Å². The summed E-state index contributed by atoms with van der Waals surface area (Å²) in [5.74, 6) is 0.784. The van der Waals surface area contributed by atoms with Gasteiger partial charge >= 0.3 is 0 Å². The fourth-order valence-corrected chi connectivity index (χ4v) is 4.35. The number of carbonyl (C=O) groups is 2.